The van der Waals surface area contributed by atoms with Gasteiger partial charge in [0.05, 0.1) is 6.10 Å². The van der Waals surface area contributed by atoms with Gasteiger partial charge < -0.3 is 10.5 Å². The summed E-state index contributed by atoms with van der Waals surface area (Å²) in [6.45, 7) is 2.95. The Morgan fingerprint density at radius 1 is 1.53 bits per heavy atom. The van der Waals surface area contributed by atoms with Crippen molar-refractivity contribution in [3.8, 4) is 0 Å². The van der Waals surface area contributed by atoms with E-state index >= 15 is 0 Å². The number of nitrogens with two attached hydrogens (primary N) is 1. The zero-order chi connectivity index (χ0) is 12.2. The van der Waals surface area contributed by atoms with Gasteiger partial charge >= 0.3 is 0 Å². The van der Waals surface area contributed by atoms with Crippen molar-refractivity contribution in [1.82, 2.24) is 9.03 Å². The van der Waals surface area contributed by atoms with Crippen LogP contribution in [0.5, 0.6) is 0 Å². The fourth-order valence-electron chi connectivity index (χ4n) is 2.00. The van der Waals surface area contributed by atoms with Gasteiger partial charge in [-0.15, -0.1) is 12.4 Å². The maximum atomic E-state index is 11.9. The fourth-order valence-corrected chi connectivity index (χ4v) is 3.44. The molecule has 1 heterocycles. The van der Waals surface area contributed by atoms with E-state index in [1.54, 1.807) is 14.0 Å². The molecule has 1 aliphatic rings. The van der Waals surface area contributed by atoms with E-state index in [0.717, 1.165) is 6.42 Å². The predicted molar refractivity (Wildman–Crippen MR) is 69.4 cm³/mol. The van der Waals surface area contributed by atoms with E-state index in [1.807, 2.05) is 0 Å². The molecule has 8 heteroatoms. The second-order valence-electron chi connectivity index (χ2n) is 3.89. The summed E-state index contributed by atoms with van der Waals surface area (Å²) >= 11 is 0. The first-order valence-corrected chi connectivity index (χ1v) is 6.98. The number of halogens is 1. The lowest BCUT2D eigenvalue weighted by molar-refractivity contribution is 0.0398. The molecule has 2 atom stereocenters. The molecule has 1 saturated heterocycles. The Kier molecular flexibility index (Phi) is 7.54. The van der Waals surface area contributed by atoms with Crippen LogP contribution < -0.4 is 10.5 Å². The second-order valence-corrected chi connectivity index (χ2v) is 5.59. The van der Waals surface area contributed by atoms with Crippen molar-refractivity contribution in [1.29, 1.82) is 0 Å². The van der Waals surface area contributed by atoms with Crippen molar-refractivity contribution < 1.29 is 13.2 Å². The van der Waals surface area contributed by atoms with Gasteiger partial charge in [0, 0.05) is 32.8 Å². The van der Waals surface area contributed by atoms with Gasteiger partial charge in [-0.3, -0.25) is 0 Å². The third-order valence-electron chi connectivity index (χ3n) is 2.85. The van der Waals surface area contributed by atoms with Crippen LogP contribution in [0, 0.1) is 0 Å². The monoisotopic (exact) mass is 287 g/mol. The van der Waals surface area contributed by atoms with Crippen LogP contribution in [0.2, 0.25) is 0 Å². The Morgan fingerprint density at radius 3 is 2.65 bits per heavy atom. The van der Waals surface area contributed by atoms with Crippen molar-refractivity contribution in [3.05, 3.63) is 0 Å². The molecule has 104 valence electrons. The minimum Gasteiger partial charge on any atom is -0.381 e. The number of methoxy groups -OCH3 is 1. The highest BCUT2D eigenvalue weighted by atomic mass is 35.5. The zero-order valence-corrected chi connectivity index (χ0v) is 11.9. The van der Waals surface area contributed by atoms with Crippen molar-refractivity contribution in [2.24, 2.45) is 5.73 Å². The number of nitrogens with one attached hydrogen (secondary N) is 1. The number of hydrogen-bond acceptors (Lipinski definition) is 4. The summed E-state index contributed by atoms with van der Waals surface area (Å²) in [5, 5.41) is 0. The normalized spacial score (nSPS) is 26.5. The first kappa shape index (κ1) is 17.1. The summed E-state index contributed by atoms with van der Waals surface area (Å²) < 4.78 is 32.9. The first-order chi connectivity index (χ1) is 7.55. The Morgan fingerprint density at radius 2 is 2.18 bits per heavy atom. The molecule has 0 aromatic rings. The second kappa shape index (κ2) is 7.50. The Hall–Kier alpha value is 0.0800. The summed E-state index contributed by atoms with van der Waals surface area (Å²) in [6, 6.07) is -0.164. The molecule has 1 fully saturated rings. The van der Waals surface area contributed by atoms with E-state index in [-0.39, 0.29) is 24.6 Å². The fraction of sp³-hybridized carbons (Fsp3) is 1.00. The van der Waals surface area contributed by atoms with Crippen LogP contribution >= 0.6 is 12.4 Å². The highest BCUT2D eigenvalue weighted by Gasteiger charge is 2.34. The number of rotatable bonds is 5. The van der Waals surface area contributed by atoms with Crippen LogP contribution in [0.4, 0.5) is 0 Å². The van der Waals surface area contributed by atoms with Crippen LogP contribution in [0.1, 0.15) is 19.8 Å². The van der Waals surface area contributed by atoms with Gasteiger partial charge in [0.25, 0.3) is 10.2 Å². The lowest BCUT2D eigenvalue weighted by Crippen LogP contribution is -2.54. The van der Waals surface area contributed by atoms with E-state index in [0.29, 0.717) is 26.1 Å². The van der Waals surface area contributed by atoms with Crippen LogP contribution in [0.3, 0.4) is 0 Å². The number of piperidine rings is 1. The SMILES string of the molecule is CCNS(=O)(=O)N1CCC(OC)CC1CN.Cl. The Labute approximate surface area is 109 Å². The molecular weight excluding hydrogens is 266 g/mol. The number of nitrogens with zero attached hydrogens (tertiary/aromatic N) is 1. The van der Waals surface area contributed by atoms with E-state index in [4.69, 9.17) is 10.5 Å². The van der Waals surface area contributed by atoms with Crippen molar-refractivity contribution in [2.45, 2.75) is 31.9 Å². The minimum atomic E-state index is -3.38. The van der Waals surface area contributed by atoms with Crippen LogP contribution in [0.15, 0.2) is 0 Å². The lowest BCUT2D eigenvalue weighted by atomic mass is 10.0. The maximum absolute atomic E-state index is 11.9. The molecule has 3 N–H and O–H groups in total. The first-order valence-electron chi connectivity index (χ1n) is 5.54. The van der Waals surface area contributed by atoms with Gasteiger partial charge in [-0.05, 0) is 12.8 Å². The molecule has 0 spiro atoms. The molecule has 0 aliphatic carbocycles. The molecule has 0 saturated carbocycles. The molecule has 0 radical (unpaired) electrons. The van der Waals surface area contributed by atoms with Gasteiger partial charge in [-0.25, -0.2) is 4.72 Å². The number of ether oxygens (including phenoxy) is 1. The van der Waals surface area contributed by atoms with Gasteiger partial charge in [-0.2, -0.15) is 12.7 Å². The largest absolute Gasteiger partial charge is 0.381 e. The molecule has 17 heavy (non-hydrogen) atoms. The molecule has 0 amide bonds. The minimum absolute atomic E-state index is 0. The molecular formula is C9H22ClN3O3S. The third-order valence-corrected chi connectivity index (χ3v) is 4.61. The summed E-state index contributed by atoms with van der Waals surface area (Å²) in [4.78, 5) is 0. The summed E-state index contributed by atoms with van der Waals surface area (Å²) in [7, 11) is -1.73. The molecule has 6 nitrogen and oxygen atoms in total. The summed E-state index contributed by atoms with van der Waals surface area (Å²) in [5.74, 6) is 0. The van der Waals surface area contributed by atoms with E-state index < -0.39 is 10.2 Å². The standard InChI is InChI=1S/C9H21N3O3S.ClH/c1-3-11-16(13,14)12-5-4-9(15-2)6-8(12)7-10;/h8-9,11H,3-7,10H2,1-2H3;1H. The highest BCUT2D eigenvalue weighted by Crippen LogP contribution is 2.21. The molecule has 1 aliphatic heterocycles. The van der Waals surface area contributed by atoms with Crippen LogP contribution in [-0.4, -0.2) is 51.6 Å². The Balaban J connectivity index is 0.00000256. The molecule has 1 rings (SSSR count). The van der Waals surface area contributed by atoms with Crippen molar-refractivity contribution >= 4 is 22.6 Å². The molecule has 0 aromatic carbocycles. The third kappa shape index (κ3) is 4.35. The summed E-state index contributed by atoms with van der Waals surface area (Å²) in [5.41, 5.74) is 5.61. The Bertz CT molecular complexity index is 313. The molecule has 2 unspecified atom stereocenters. The maximum Gasteiger partial charge on any atom is 0.279 e. The topological polar surface area (TPSA) is 84.7 Å². The molecule has 0 bridgehead atoms. The van der Waals surface area contributed by atoms with Crippen LogP contribution in [0.25, 0.3) is 0 Å². The van der Waals surface area contributed by atoms with Gasteiger partial charge in [0.15, 0.2) is 0 Å². The van der Waals surface area contributed by atoms with E-state index in [1.165, 1.54) is 4.31 Å². The van der Waals surface area contributed by atoms with Gasteiger partial charge in [-0.1, -0.05) is 6.92 Å². The van der Waals surface area contributed by atoms with Crippen LogP contribution in [-0.2, 0) is 14.9 Å². The zero-order valence-electron chi connectivity index (χ0n) is 10.3. The quantitative estimate of drug-likeness (QED) is 0.727. The van der Waals surface area contributed by atoms with Crippen molar-refractivity contribution in [3.63, 3.8) is 0 Å². The lowest BCUT2D eigenvalue weighted by Gasteiger charge is -2.37. The van der Waals surface area contributed by atoms with E-state index in [9.17, 15) is 8.42 Å². The molecule has 0 aromatic heterocycles. The average Bonchev–Trinajstić information content (AvgIpc) is 2.28. The summed E-state index contributed by atoms with van der Waals surface area (Å²) in [6.07, 6.45) is 1.50. The number of hydrogen-bond donors (Lipinski definition) is 2. The smallest absolute Gasteiger partial charge is 0.279 e. The average molecular weight is 288 g/mol. The van der Waals surface area contributed by atoms with Gasteiger partial charge in [0.1, 0.15) is 0 Å². The van der Waals surface area contributed by atoms with Gasteiger partial charge in [0.2, 0.25) is 0 Å². The predicted octanol–water partition coefficient (Wildman–Crippen LogP) is -0.299. The van der Waals surface area contributed by atoms with Crippen molar-refractivity contribution in [2.75, 3.05) is 26.7 Å². The highest BCUT2D eigenvalue weighted by molar-refractivity contribution is 7.87. The van der Waals surface area contributed by atoms with E-state index in [2.05, 4.69) is 4.72 Å².